The van der Waals surface area contributed by atoms with E-state index in [-0.39, 0.29) is 22.8 Å². The summed E-state index contributed by atoms with van der Waals surface area (Å²) in [4.78, 5) is 27.1. The molecule has 0 aromatic carbocycles. The molecule has 2 fully saturated rings. The Morgan fingerprint density at radius 3 is 1.31 bits per heavy atom. The van der Waals surface area contributed by atoms with Crippen LogP contribution in [0.1, 0.15) is 133 Å². The highest BCUT2D eigenvalue weighted by Gasteiger charge is 2.53. The van der Waals surface area contributed by atoms with Gasteiger partial charge in [0.25, 0.3) is 0 Å². The van der Waals surface area contributed by atoms with Gasteiger partial charge in [-0.3, -0.25) is 9.59 Å². The number of carbonyl (C=O) groups excluding carboxylic acids is 2. The molecule has 186 valence electrons. The number of hydrogen-bond donors (Lipinski definition) is 0. The van der Waals surface area contributed by atoms with Gasteiger partial charge >= 0.3 is 11.9 Å². The van der Waals surface area contributed by atoms with Gasteiger partial charge in [-0.15, -0.1) is 0 Å². The molecule has 1 unspecified atom stereocenters. The van der Waals surface area contributed by atoms with Crippen LogP contribution in [-0.4, -0.2) is 23.1 Å². The molecular formula is C28H50O4. The number of hydrogen-bond acceptors (Lipinski definition) is 4. The Kier molecular flexibility index (Phi) is 7.60. The van der Waals surface area contributed by atoms with Crippen molar-refractivity contribution in [3.63, 3.8) is 0 Å². The van der Waals surface area contributed by atoms with Crippen molar-refractivity contribution in [3.8, 4) is 0 Å². The first kappa shape index (κ1) is 27.2. The first-order chi connectivity index (χ1) is 14.4. The highest BCUT2D eigenvalue weighted by atomic mass is 16.6. The van der Waals surface area contributed by atoms with Crippen LogP contribution >= 0.6 is 0 Å². The second kappa shape index (κ2) is 8.95. The molecule has 0 radical (unpaired) electrons. The van der Waals surface area contributed by atoms with Crippen LogP contribution in [-0.2, 0) is 19.1 Å². The van der Waals surface area contributed by atoms with Crippen LogP contribution in [0.5, 0.6) is 0 Å². The van der Waals surface area contributed by atoms with E-state index in [1.54, 1.807) is 0 Å². The van der Waals surface area contributed by atoms with Gasteiger partial charge in [0, 0.05) is 10.8 Å². The normalized spacial score (nSPS) is 22.9. The van der Waals surface area contributed by atoms with Crippen molar-refractivity contribution in [2.75, 3.05) is 0 Å². The molecule has 0 spiro atoms. The van der Waals surface area contributed by atoms with Gasteiger partial charge in [0.15, 0.2) is 0 Å². The smallest absolute Gasteiger partial charge is 0.312 e. The van der Waals surface area contributed by atoms with Crippen molar-refractivity contribution in [2.24, 2.45) is 21.7 Å². The summed E-state index contributed by atoms with van der Waals surface area (Å²) < 4.78 is 12.7. The van der Waals surface area contributed by atoms with Gasteiger partial charge in [0.05, 0.1) is 10.8 Å². The van der Waals surface area contributed by atoms with Crippen LogP contribution in [0, 0.1) is 21.7 Å². The zero-order valence-corrected chi connectivity index (χ0v) is 22.7. The molecule has 0 N–H and O–H groups in total. The summed E-state index contributed by atoms with van der Waals surface area (Å²) in [6.45, 7) is 20.9. The Labute approximate surface area is 197 Å². The van der Waals surface area contributed by atoms with E-state index < -0.39 is 22.0 Å². The summed E-state index contributed by atoms with van der Waals surface area (Å²) in [5.41, 5.74) is -2.54. The van der Waals surface area contributed by atoms with E-state index in [2.05, 4.69) is 41.5 Å². The van der Waals surface area contributed by atoms with Crippen molar-refractivity contribution in [1.29, 1.82) is 0 Å². The molecule has 0 amide bonds. The van der Waals surface area contributed by atoms with Gasteiger partial charge in [0.1, 0.15) is 11.2 Å². The molecule has 2 aliphatic carbocycles. The minimum Gasteiger partial charge on any atom is -0.458 e. The maximum atomic E-state index is 13.6. The maximum Gasteiger partial charge on any atom is 0.312 e. The van der Waals surface area contributed by atoms with Crippen LogP contribution in [0.2, 0.25) is 0 Å². The van der Waals surface area contributed by atoms with Gasteiger partial charge in [0.2, 0.25) is 0 Å². The van der Waals surface area contributed by atoms with E-state index in [4.69, 9.17) is 9.47 Å². The lowest BCUT2D eigenvalue weighted by Crippen LogP contribution is -2.50. The van der Waals surface area contributed by atoms with Gasteiger partial charge in [-0.25, -0.2) is 0 Å². The summed E-state index contributed by atoms with van der Waals surface area (Å²) >= 11 is 0. The molecule has 2 rings (SSSR count). The molecule has 0 heterocycles. The zero-order valence-electron chi connectivity index (χ0n) is 22.7. The molecule has 0 bridgehead atoms. The SMILES string of the molecule is CCC(C)(CC(C)(C)C(=O)OC1(C(C)(C)C)CCCC1)C(=O)OC1(C(C)(C)C)CCCC1. The van der Waals surface area contributed by atoms with Crippen molar-refractivity contribution < 1.29 is 19.1 Å². The molecule has 32 heavy (non-hydrogen) atoms. The van der Waals surface area contributed by atoms with Crippen LogP contribution < -0.4 is 0 Å². The molecule has 2 aliphatic rings. The fourth-order valence-corrected chi connectivity index (χ4v) is 5.91. The summed E-state index contributed by atoms with van der Waals surface area (Å²) in [6.07, 6.45) is 9.11. The molecule has 1 atom stereocenters. The Morgan fingerprint density at radius 2 is 1.00 bits per heavy atom. The minimum absolute atomic E-state index is 0.107. The largest absolute Gasteiger partial charge is 0.458 e. The summed E-state index contributed by atoms with van der Waals surface area (Å²) in [5.74, 6) is -0.350. The summed E-state index contributed by atoms with van der Waals surface area (Å²) in [7, 11) is 0. The van der Waals surface area contributed by atoms with Crippen molar-refractivity contribution in [2.45, 2.75) is 145 Å². The molecule has 4 heteroatoms. The molecule has 2 saturated carbocycles. The highest BCUT2D eigenvalue weighted by molar-refractivity contribution is 5.81. The number of esters is 2. The van der Waals surface area contributed by atoms with E-state index in [0.717, 1.165) is 51.4 Å². The number of ether oxygens (including phenoxy) is 2. The lowest BCUT2D eigenvalue weighted by molar-refractivity contribution is -0.192. The third kappa shape index (κ3) is 5.20. The van der Waals surface area contributed by atoms with Crippen LogP contribution in [0.15, 0.2) is 0 Å². The Hall–Kier alpha value is -1.06. The standard InChI is InChI=1S/C28H50O4/c1-11-26(10,22(30)32-28(24(5,6)7)18-14-15-19-28)20-25(8,9)21(29)31-27(23(2,3)4)16-12-13-17-27/h11-20H2,1-10H3. The van der Waals surface area contributed by atoms with Crippen LogP contribution in [0.3, 0.4) is 0 Å². The predicted molar refractivity (Wildman–Crippen MR) is 130 cm³/mol. The van der Waals surface area contributed by atoms with E-state index in [1.807, 2.05) is 27.7 Å². The van der Waals surface area contributed by atoms with Crippen molar-refractivity contribution >= 4 is 11.9 Å². The molecule has 4 nitrogen and oxygen atoms in total. The van der Waals surface area contributed by atoms with Crippen LogP contribution in [0.4, 0.5) is 0 Å². The lowest BCUT2D eigenvalue weighted by atomic mass is 9.70. The second-order valence-electron chi connectivity index (χ2n) is 13.7. The predicted octanol–water partition coefficient (Wildman–Crippen LogP) is 7.62. The lowest BCUT2D eigenvalue weighted by Gasteiger charge is -2.45. The maximum absolute atomic E-state index is 13.6. The quantitative estimate of drug-likeness (QED) is 0.374. The topological polar surface area (TPSA) is 52.6 Å². The first-order valence-corrected chi connectivity index (χ1v) is 12.9. The fraction of sp³-hybridized carbons (Fsp3) is 0.929. The molecule has 0 aromatic rings. The average molecular weight is 451 g/mol. The third-order valence-electron chi connectivity index (χ3n) is 8.79. The monoisotopic (exact) mass is 450 g/mol. The Bertz CT molecular complexity index is 679. The van der Waals surface area contributed by atoms with Gasteiger partial charge < -0.3 is 9.47 Å². The average Bonchev–Trinajstić information content (AvgIpc) is 3.31. The third-order valence-corrected chi connectivity index (χ3v) is 8.79. The fourth-order valence-electron chi connectivity index (χ4n) is 5.91. The van der Waals surface area contributed by atoms with Gasteiger partial charge in [-0.2, -0.15) is 0 Å². The van der Waals surface area contributed by atoms with Crippen LogP contribution in [0.25, 0.3) is 0 Å². The Balaban J connectivity index is 2.21. The minimum atomic E-state index is -0.769. The summed E-state index contributed by atoms with van der Waals surface area (Å²) in [6, 6.07) is 0. The molecular weight excluding hydrogens is 400 g/mol. The van der Waals surface area contributed by atoms with Crippen molar-refractivity contribution in [3.05, 3.63) is 0 Å². The van der Waals surface area contributed by atoms with E-state index in [1.165, 1.54) is 0 Å². The zero-order chi connectivity index (χ0) is 24.6. The second-order valence-corrected chi connectivity index (χ2v) is 13.7. The van der Waals surface area contributed by atoms with E-state index in [0.29, 0.717) is 12.8 Å². The molecule has 0 saturated heterocycles. The van der Waals surface area contributed by atoms with E-state index >= 15 is 0 Å². The molecule has 0 aromatic heterocycles. The van der Waals surface area contributed by atoms with E-state index in [9.17, 15) is 9.59 Å². The first-order valence-electron chi connectivity index (χ1n) is 12.9. The van der Waals surface area contributed by atoms with Gasteiger partial charge in [-0.05, 0) is 85.0 Å². The molecule has 0 aliphatic heterocycles. The number of rotatable bonds is 7. The Morgan fingerprint density at radius 1 is 0.656 bits per heavy atom. The van der Waals surface area contributed by atoms with Gasteiger partial charge in [-0.1, -0.05) is 48.5 Å². The number of carbonyl (C=O) groups is 2. The highest BCUT2D eigenvalue weighted by Crippen LogP contribution is 2.50. The summed E-state index contributed by atoms with van der Waals surface area (Å²) in [5, 5.41) is 0. The van der Waals surface area contributed by atoms with Crippen molar-refractivity contribution in [1.82, 2.24) is 0 Å².